The van der Waals surface area contributed by atoms with Crippen molar-refractivity contribution in [2.45, 2.75) is 25.9 Å². The van der Waals surface area contributed by atoms with Crippen molar-refractivity contribution in [2.75, 3.05) is 23.3 Å². The van der Waals surface area contributed by atoms with Crippen molar-refractivity contribution in [3.63, 3.8) is 0 Å². The summed E-state index contributed by atoms with van der Waals surface area (Å²) >= 11 is 0. The number of alkyl halides is 3. The number of aromatic nitrogens is 3. The van der Waals surface area contributed by atoms with Gasteiger partial charge in [-0.3, -0.25) is 0 Å². The highest BCUT2D eigenvalue weighted by atomic mass is 19.4. The minimum Gasteiger partial charge on any atom is -0.357 e. The third kappa shape index (κ3) is 3.52. The summed E-state index contributed by atoms with van der Waals surface area (Å²) in [7, 11) is 0. The topological polar surface area (TPSA) is 53.9 Å². The molecule has 2 aromatic heterocycles. The Hall–Kier alpha value is -2.38. The van der Waals surface area contributed by atoms with Gasteiger partial charge in [0.05, 0.1) is 11.4 Å². The van der Waals surface area contributed by atoms with E-state index in [1.54, 1.807) is 0 Å². The van der Waals surface area contributed by atoms with Gasteiger partial charge < -0.3 is 10.2 Å². The van der Waals surface area contributed by atoms with Gasteiger partial charge in [-0.25, -0.2) is 4.98 Å². The SMILES string of the molecule is Cc1nc(N2CCCC2)ccc1Nc1ccc(C(F)(F)F)nn1. The smallest absolute Gasteiger partial charge is 0.357 e. The Morgan fingerprint density at radius 2 is 1.78 bits per heavy atom. The number of hydrogen-bond donors (Lipinski definition) is 1. The summed E-state index contributed by atoms with van der Waals surface area (Å²) in [4.78, 5) is 6.76. The predicted molar refractivity (Wildman–Crippen MR) is 80.7 cm³/mol. The molecule has 5 nitrogen and oxygen atoms in total. The van der Waals surface area contributed by atoms with E-state index < -0.39 is 11.9 Å². The van der Waals surface area contributed by atoms with Crippen LogP contribution >= 0.6 is 0 Å². The summed E-state index contributed by atoms with van der Waals surface area (Å²) in [6, 6.07) is 5.91. The van der Waals surface area contributed by atoms with Gasteiger partial charge in [0.15, 0.2) is 11.5 Å². The fourth-order valence-corrected chi connectivity index (χ4v) is 2.49. The van der Waals surface area contributed by atoms with E-state index in [2.05, 4.69) is 25.4 Å². The standard InChI is InChI=1S/C15H16F3N5/c1-10-11(4-7-14(19-10)23-8-2-3-9-23)20-13-6-5-12(21-22-13)15(16,17)18/h4-7H,2-3,8-9H2,1H3,(H,20,22). The number of anilines is 3. The Morgan fingerprint density at radius 3 is 2.35 bits per heavy atom. The second-order valence-corrected chi connectivity index (χ2v) is 5.42. The lowest BCUT2D eigenvalue weighted by molar-refractivity contribution is -0.141. The molecule has 2 aromatic rings. The quantitative estimate of drug-likeness (QED) is 0.936. The van der Waals surface area contributed by atoms with Crippen LogP contribution in [0.1, 0.15) is 24.2 Å². The molecular formula is C15H16F3N5. The highest BCUT2D eigenvalue weighted by Gasteiger charge is 2.32. The summed E-state index contributed by atoms with van der Waals surface area (Å²) in [6.07, 6.45) is -2.15. The van der Waals surface area contributed by atoms with Crippen molar-refractivity contribution >= 4 is 17.3 Å². The van der Waals surface area contributed by atoms with Gasteiger partial charge in [-0.15, -0.1) is 10.2 Å². The fourth-order valence-electron chi connectivity index (χ4n) is 2.49. The third-order valence-electron chi connectivity index (χ3n) is 3.72. The Morgan fingerprint density at radius 1 is 1.04 bits per heavy atom. The van der Waals surface area contributed by atoms with Crippen LogP contribution < -0.4 is 10.2 Å². The van der Waals surface area contributed by atoms with Crippen LogP contribution in [-0.2, 0) is 6.18 Å². The van der Waals surface area contributed by atoms with Crippen LogP contribution in [0.4, 0.5) is 30.5 Å². The highest BCUT2D eigenvalue weighted by molar-refractivity contribution is 5.60. The van der Waals surface area contributed by atoms with Gasteiger partial charge in [-0.05, 0) is 44.0 Å². The van der Waals surface area contributed by atoms with Crippen molar-refractivity contribution < 1.29 is 13.2 Å². The normalized spacial score (nSPS) is 15.0. The van der Waals surface area contributed by atoms with E-state index in [0.717, 1.165) is 30.7 Å². The summed E-state index contributed by atoms with van der Waals surface area (Å²) in [5.41, 5.74) is 0.445. The molecule has 0 aliphatic carbocycles. The van der Waals surface area contributed by atoms with Crippen LogP contribution in [0.3, 0.4) is 0 Å². The largest absolute Gasteiger partial charge is 0.435 e. The molecule has 0 bridgehead atoms. The molecule has 8 heteroatoms. The lowest BCUT2D eigenvalue weighted by Crippen LogP contribution is -2.19. The summed E-state index contributed by atoms with van der Waals surface area (Å²) in [5.74, 6) is 1.17. The maximum Gasteiger partial charge on any atom is 0.435 e. The average molecular weight is 323 g/mol. The molecule has 0 saturated carbocycles. The van der Waals surface area contributed by atoms with Crippen LogP contribution in [0.25, 0.3) is 0 Å². The van der Waals surface area contributed by atoms with E-state index in [-0.39, 0.29) is 5.82 Å². The molecule has 0 atom stereocenters. The van der Waals surface area contributed by atoms with Gasteiger partial charge >= 0.3 is 6.18 Å². The lowest BCUT2D eigenvalue weighted by atomic mass is 10.3. The third-order valence-corrected chi connectivity index (χ3v) is 3.72. The molecule has 3 rings (SSSR count). The molecule has 1 fully saturated rings. The van der Waals surface area contributed by atoms with E-state index in [4.69, 9.17) is 0 Å². The molecule has 0 radical (unpaired) electrons. The van der Waals surface area contributed by atoms with Crippen LogP contribution in [0.2, 0.25) is 0 Å². The highest BCUT2D eigenvalue weighted by Crippen LogP contribution is 2.28. The molecule has 1 saturated heterocycles. The number of halogens is 3. The number of pyridine rings is 1. The first-order valence-electron chi connectivity index (χ1n) is 7.34. The first-order chi connectivity index (χ1) is 10.9. The van der Waals surface area contributed by atoms with Crippen LogP contribution in [0, 0.1) is 6.92 Å². The lowest BCUT2D eigenvalue weighted by Gasteiger charge is -2.18. The number of aryl methyl sites for hydroxylation is 1. The number of rotatable bonds is 3. The Bertz CT molecular complexity index is 679. The molecule has 122 valence electrons. The first kappa shape index (κ1) is 15.5. The van der Waals surface area contributed by atoms with Crippen molar-refractivity contribution in [3.05, 3.63) is 35.7 Å². The molecule has 3 heterocycles. The molecule has 0 unspecified atom stereocenters. The van der Waals surface area contributed by atoms with Crippen LogP contribution in [0.15, 0.2) is 24.3 Å². The van der Waals surface area contributed by atoms with E-state index in [9.17, 15) is 13.2 Å². The monoisotopic (exact) mass is 323 g/mol. The van der Waals surface area contributed by atoms with E-state index in [1.165, 1.54) is 18.9 Å². The predicted octanol–water partition coefficient (Wildman–Crippen LogP) is 3.54. The second-order valence-electron chi connectivity index (χ2n) is 5.42. The van der Waals surface area contributed by atoms with Gasteiger partial charge in [0.2, 0.25) is 0 Å². The Kier molecular flexibility index (Phi) is 4.06. The zero-order valence-corrected chi connectivity index (χ0v) is 12.6. The minimum atomic E-state index is -4.49. The van der Waals surface area contributed by atoms with Crippen molar-refractivity contribution in [1.82, 2.24) is 15.2 Å². The van der Waals surface area contributed by atoms with E-state index >= 15 is 0 Å². The molecule has 0 amide bonds. The van der Waals surface area contributed by atoms with Crippen LogP contribution in [-0.4, -0.2) is 28.3 Å². The van der Waals surface area contributed by atoms with E-state index in [1.807, 2.05) is 19.1 Å². The fraction of sp³-hybridized carbons (Fsp3) is 0.400. The van der Waals surface area contributed by atoms with Gasteiger partial charge in [-0.2, -0.15) is 13.2 Å². The number of nitrogens with zero attached hydrogens (tertiary/aromatic N) is 4. The van der Waals surface area contributed by atoms with Crippen LogP contribution in [0.5, 0.6) is 0 Å². The molecule has 23 heavy (non-hydrogen) atoms. The summed E-state index contributed by atoms with van der Waals surface area (Å²) in [5, 5.41) is 9.70. The Labute approximate surface area is 131 Å². The zero-order valence-electron chi connectivity index (χ0n) is 12.6. The zero-order chi connectivity index (χ0) is 16.4. The average Bonchev–Trinajstić information content (AvgIpc) is 3.03. The summed E-state index contributed by atoms with van der Waals surface area (Å²) in [6.45, 7) is 3.85. The van der Waals surface area contributed by atoms with Gasteiger partial charge in [-0.1, -0.05) is 0 Å². The molecule has 0 aromatic carbocycles. The van der Waals surface area contributed by atoms with E-state index in [0.29, 0.717) is 5.69 Å². The minimum absolute atomic E-state index is 0.247. The molecule has 1 N–H and O–H groups in total. The number of hydrogen-bond acceptors (Lipinski definition) is 5. The molecule has 1 aliphatic rings. The van der Waals surface area contributed by atoms with Gasteiger partial charge in [0, 0.05) is 13.1 Å². The molecular weight excluding hydrogens is 307 g/mol. The maximum absolute atomic E-state index is 12.5. The molecule has 1 aliphatic heterocycles. The first-order valence-corrected chi connectivity index (χ1v) is 7.34. The van der Waals surface area contributed by atoms with Gasteiger partial charge in [0.1, 0.15) is 5.82 Å². The van der Waals surface area contributed by atoms with Crippen molar-refractivity contribution in [2.24, 2.45) is 0 Å². The summed E-state index contributed by atoms with van der Waals surface area (Å²) < 4.78 is 37.4. The number of nitrogens with one attached hydrogen (secondary N) is 1. The van der Waals surface area contributed by atoms with Gasteiger partial charge in [0.25, 0.3) is 0 Å². The Balaban J connectivity index is 1.75. The second kappa shape index (κ2) is 6.02. The molecule has 0 spiro atoms. The van der Waals surface area contributed by atoms with Crippen molar-refractivity contribution in [1.29, 1.82) is 0 Å². The maximum atomic E-state index is 12.5. The van der Waals surface area contributed by atoms with Crippen molar-refractivity contribution in [3.8, 4) is 0 Å².